The highest BCUT2D eigenvalue weighted by Crippen LogP contribution is 2.30. The van der Waals surface area contributed by atoms with Crippen molar-refractivity contribution in [3.8, 4) is 5.75 Å². The fraction of sp³-hybridized carbons (Fsp3) is 0.421. The van der Waals surface area contributed by atoms with Crippen LogP contribution in [-0.4, -0.2) is 44.8 Å². The van der Waals surface area contributed by atoms with E-state index in [0.717, 1.165) is 48.7 Å². The molecule has 3 heterocycles. The average molecular weight is 337 g/mol. The Hall–Kier alpha value is -2.47. The Labute approximate surface area is 147 Å². The molecule has 1 saturated heterocycles. The van der Waals surface area contributed by atoms with Crippen LogP contribution in [0.3, 0.4) is 0 Å². The molecule has 0 amide bonds. The van der Waals surface area contributed by atoms with Crippen molar-refractivity contribution in [2.24, 2.45) is 7.05 Å². The van der Waals surface area contributed by atoms with Gasteiger partial charge in [-0.25, -0.2) is 14.6 Å². The van der Waals surface area contributed by atoms with E-state index < -0.39 is 0 Å². The molecule has 0 bridgehead atoms. The molecule has 1 atom stereocenters. The number of methoxy groups -OCH3 is 1. The molecular weight excluding hydrogens is 314 g/mol. The molecule has 1 aliphatic rings. The lowest BCUT2D eigenvalue weighted by Crippen LogP contribution is -2.34. The van der Waals surface area contributed by atoms with E-state index in [9.17, 15) is 0 Å². The first-order chi connectivity index (χ1) is 12.2. The van der Waals surface area contributed by atoms with Crippen LogP contribution in [0.4, 0.5) is 0 Å². The van der Waals surface area contributed by atoms with Crippen molar-refractivity contribution >= 4 is 11.2 Å². The maximum atomic E-state index is 5.24. The van der Waals surface area contributed by atoms with Gasteiger partial charge in [-0.1, -0.05) is 12.1 Å². The molecule has 6 nitrogen and oxygen atoms in total. The maximum Gasteiger partial charge on any atom is 0.176 e. The zero-order valence-electron chi connectivity index (χ0n) is 14.7. The van der Waals surface area contributed by atoms with E-state index in [1.807, 2.05) is 23.9 Å². The molecule has 0 radical (unpaired) electrons. The van der Waals surface area contributed by atoms with E-state index in [1.165, 1.54) is 12.0 Å². The lowest BCUT2D eigenvalue weighted by Gasteiger charge is -2.32. The number of aryl methyl sites for hydroxylation is 1. The lowest BCUT2D eigenvalue weighted by molar-refractivity contribution is 0.198. The Balaban J connectivity index is 1.52. The molecule has 4 rings (SSSR count). The summed E-state index contributed by atoms with van der Waals surface area (Å²) in [5.74, 6) is 1.31. The third kappa shape index (κ3) is 3.22. The van der Waals surface area contributed by atoms with Crippen LogP contribution in [0, 0.1) is 0 Å². The number of aromatic nitrogens is 4. The molecule has 1 aliphatic heterocycles. The van der Waals surface area contributed by atoms with Gasteiger partial charge in [0.2, 0.25) is 0 Å². The zero-order chi connectivity index (χ0) is 17.2. The van der Waals surface area contributed by atoms with Gasteiger partial charge in [0.15, 0.2) is 5.65 Å². The molecule has 0 saturated carbocycles. The van der Waals surface area contributed by atoms with Gasteiger partial charge in [0.1, 0.15) is 11.3 Å². The molecule has 25 heavy (non-hydrogen) atoms. The molecule has 0 N–H and O–H groups in total. The second-order valence-corrected chi connectivity index (χ2v) is 6.66. The van der Waals surface area contributed by atoms with Crippen LogP contribution in [0.1, 0.15) is 30.0 Å². The molecule has 1 aromatic carbocycles. The number of hydrogen-bond donors (Lipinski definition) is 0. The second kappa shape index (κ2) is 6.80. The van der Waals surface area contributed by atoms with Crippen LogP contribution in [-0.2, 0) is 13.6 Å². The SMILES string of the molecule is COc1ccc(CN2CCC[C@H](c3nn(C)c4nccnc34)C2)cc1. The van der Waals surface area contributed by atoms with Gasteiger partial charge in [0.05, 0.1) is 12.8 Å². The number of nitrogens with zero attached hydrogens (tertiary/aromatic N) is 5. The number of hydrogen-bond acceptors (Lipinski definition) is 5. The Kier molecular flexibility index (Phi) is 4.36. The van der Waals surface area contributed by atoms with Crippen LogP contribution in [0.25, 0.3) is 11.2 Å². The minimum Gasteiger partial charge on any atom is -0.497 e. The minimum atomic E-state index is 0.410. The normalized spacial score (nSPS) is 18.6. The molecule has 1 fully saturated rings. The van der Waals surface area contributed by atoms with Crippen molar-refractivity contribution in [1.29, 1.82) is 0 Å². The topological polar surface area (TPSA) is 56.1 Å². The van der Waals surface area contributed by atoms with Crippen molar-refractivity contribution in [3.63, 3.8) is 0 Å². The highest BCUT2D eigenvalue weighted by Gasteiger charge is 2.26. The van der Waals surface area contributed by atoms with Gasteiger partial charge in [-0.3, -0.25) is 4.90 Å². The van der Waals surface area contributed by atoms with Gasteiger partial charge in [0, 0.05) is 38.4 Å². The monoisotopic (exact) mass is 337 g/mol. The predicted molar refractivity (Wildman–Crippen MR) is 96.6 cm³/mol. The van der Waals surface area contributed by atoms with Crippen molar-refractivity contribution in [3.05, 3.63) is 47.9 Å². The van der Waals surface area contributed by atoms with Crippen LogP contribution >= 0.6 is 0 Å². The van der Waals surface area contributed by atoms with E-state index in [2.05, 4.69) is 27.0 Å². The average Bonchev–Trinajstić information content (AvgIpc) is 3.00. The van der Waals surface area contributed by atoms with Gasteiger partial charge in [-0.05, 0) is 37.1 Å². The van der Waals surface area contributed by atoms with Gasteiger partial charge in [0.25, 0.3) is 0 Å². The van der Waals surface area contributed by atoms with E-state index in [1.54, 1.807) is 19.5 Å². The first-order valence-electron chi connectivity index (χ1n) is 8.73. The van der Waals surface area contributed by atoms with Crippen molar-refractivity contribution in [2.45, 2.75) is 25.3 Å². The number of likely N-dealkylation sites (tertiary alicyclic amines) is 1. The smallest absolute Gasteiger partial charge is 0.176 e. The highest BCUT2D eigenvalue weighted by molar-refractivity contribution is 5.73. The van der Waals surface area contributed by atoms with E-state index in [0.29, 0.717) is 5.92 Å². The Morgan fingerprint density at radius 3 is 2.76 bits per heavy atom. The Morgan fingerprint density at radius 2 is 1.96 bits per heavy atom. The molecule has 0 aliphatic carbocycles. The van der Waals surface area contributed by atoms with Crippen LogP contribution in [0.2, 0.25) is 0 Å². The first-order valence-corrected chi connectivity index (χ1v) is 8.73. The fourth-order valence-corrected chi connectivity index (χ4v) is 3.69. The quantitative estimate of drug-likeness (QED) is 0.733. The second-order valence-electron chi connectivity index (χ2n) is 6.66. The van der Waals surface area contributed by atoms with Crippen molar-refractivity contribution in [1.82, 2.24) is 24.6 Å². The summed E-state index contributed by atoms with van der Waals surface area (Å²) in [5, 5.41) is 4.73. The number of ether oxygens (including phenoxy) is 1. The van der Waals surface area contributed by atoms with Gasteiger partial charge < -0.3 is 4.74 Å². The largest absolute Gasteiger partial charge is 0.497 e. The van der Waals surface area contributed by atoms with Gasteiger partial charge in [-0.2, -0.15) is 5.10 Å². The van der Waals surface area contributed by atoms with E-state index >= 15 is 0 Å². The molecule has 3 aromatic rings. The molecule has 6 heteroatoms. The fourth-order valence-electron chi connectivity index (χ4n) is 3.69. The summed E-state index contributed by atoms with van der Waals surface area (Å²) in [6.07, 6.45) is 5.82. The van der Waals surface area contributed by atoms with E-state index in [4.69, 9.17) is 9.84 Å². The Bertz CT molecular complexity index is 858. The standard InChI is InChI=1S/C19H23N5O/c1-23-19-18(20-9-10-21-19)17(22-23)15-4-3-11-24(13-15)12-14-5-7-16(25-2)8-6-14/h5-10,15H,3-4,11-13H2,1-2H3/t15-/m0/s1. The highest BCUT2D eigenvalue weighted by atomic mass is 16.5. The van der Waals surface area contributed by atoms with Gasteiger partial charge >= 0.3 is 0 Å². The summed E-state index contributed by atoms with van der Waals surface area (Å²) in [6, 6.07) is 8.34. The maximum absolute atomic E-state index is 5.24. The van der Waals surface area contributed by atoms with Crippen LogP contribution in [0.15, 0.2) is 36.7 Å². The van der Waals surface area contributed by atoms with Crippen molar-refractivity contribution < 1.29 is 4.74 Å². The van der Waals surface area contributed by atoms with Crippen LogP contribution in [0.5, 0.6) is 5.75 Å². The molecule has 0 spiro atoms. The number of piperidine rings is 1. The third-order valence-corrected chi connectivity index (χ3v) is 4.94. The molecule has 130 valence electrons. The summed E-state index contributed by atoms with van der Waals surface area (Å²) in [5.41, 5.74) is 4.21. The zero-order valence-corrected chi connectivity index (χ0v) is 14.7. The lowest BCUT2D eigenvalue weighted by atomic mass is 9.94. The van der Waals surface area contributed by atoms with Crippen LogP contribution < -0.4 is 4.74 Å². The summed E-state index contributed by atoms with van der Waals surface area (Å²) in [7, 11) is 3.64. The Morgan fingerprint density at radius 1 is 1.16 bits per heavy atom. The molecular formula is C19H23N5O. The summed E-state index contributed by atoms with van der Waals surface area (Å²) < 4.78 is 7.09. The van der Waals surface area contributed by atoms with E-state index in [-0.39, 0.29) is 0 Å². The molecule has 0 unspecified atom stereocenters. The number of benzene rings is 1. The number of rotatable bonds is 4. The van der Waals surface area contributed by atoms with Crippen molar-refractivity contribution in [2.75, 3.05) is 20.2 Å². The number of fused-ring (bicyclic) bond motifs is 1. The third-order valence-electron chi connectivity index (χ3n) is 4.94. The van der Waals surface area contributed by atoms with Gasteiger partial charge in [-0.15, -0.1) is 0 Å². The first kappa shape index (κ1) is 16.0. The summed E-state index contributed by atoms with van der Waals surface area (Å²) >= 11 is 0. The summed E-state index contributed by atoms with van der Waals surface area (Å²) in [4.78, 5) is 11.4. The predicted octanol–water partition coefficient (Wildman–Crippen LogP) is 2.75. The minimum absolute atomic E-state index is 0.410. The molecule has 2 aromatic heterocycles. The summed E-state index contributed by atoms with van der Waals surface area (Å²) in [6.45, 7) is 3.09.